The number of amides is 2. The van der Waals surface area contributed by atoms with Crippen molar-refractivity contribution in [2.45, 2.75) is 11.8 Å². The van der Waals surface area contributed by atoms with Crippen LogP contribution in [-0.2, 0) is 15.0 Å². The first-order valence-corrected chi connectivity index (χ1v) is 8.93. The number of rotatable bonds is 1. The number of carbonyl (C=O) groups is 2. The number of carbonyl (C=O) groups excluding carboxylic acids is 2. The zero-order valence-electron chi connectivity index (χ0n) is 14.4. The van der Waals surface area contributed by atoms with E-state index in [0.717, 1.165) is 11.3 Å². The molecular formula is C20H15ClN4O2. The summed E-state index contributed by atoms with van der Waals surface area (Å²) in [6.45, 7) is 0. The lowest BCUT2D eigenvalue weighted by Crippen LogP contribution is -2.45. The molecule has 1 spiro atoms. The summed E-state index contributed by atoms with van der Waals surface area (Å²) in [5.74, 6) is 0.121. The number of hydrogen-bond acceptors (Lipinski definition) is 3. The van der Waals surface area contributed by atoms with Crippen LogP contribution in [0.15, 0.2) is 54.7 Å². The molecule has 0 saturated heterocycles. The third kappa shape index (κ3) is 1.99. The molecule has 2 amide bonds. The maximum atomic E-state index is 13.4. The van der Waals surface area contributed by atoms with Gasteiger partial charge in [-0.05, 0) is 23.8 Å². The smallest absolute Gasteiger partial charge is 0.242 e. The molecule has 0 aliphatic carbocycles. The Hall–Kier alpha value is -3.12. The molecule has 27 heavy (non-hydrogen) atoms. The van der Waals surface area contributed by atoms with Crippen molar-refractivity contribution in [3.63, 3.8) is 0 Å². The topological polar surface area (TPSA) is 67.2 Å². The van der Waals surface area contributed by atoms with Gasteiger partial charge in [0.1, 0.15) is 11.2 Å². The summed E-state index contributed by atoms with van der Waals surface area (Å²) in [6, 6.07) is 14.9. The van der Waals surface area contributed by atoms with Gasteiger partial charge in [-0.15, -0.1) is 0 Å². The molecule has 6 nitrogen and oxygen atoms in total. The highest BCUT2D eigenvalue weighted by molar-refractivity contribution is 6.35. The summed E-state index contributed by atoms with van der Waals surface area (Å²) in [5, 5.41) is 7.86. The number of nitrogens with one attached hydrogen (secondary N) is 1. The molecule has 2 aliphatic rings. The van der Waals surface area contributed by atoms with E-state index in [2.05, 4.69) is 10.4 Å². The van der Waals surface area contributed by atoms with E-state index in [4.69, 9.17) is 11.6 Å². The van der Waals surface area contributed by atoms with Crippen LogP contribution in [0, 0.1) is 0 Å². The molecule has 1 atom stereocenters. The maximum Gasteiger partial charge on any atom is 0.242 e. The van der Waals surface area contributed by atoms with Gasteiger partial charge in [0.15, 0.2) is 0 Å². The van der Waals surface area contributed by atoms with E-state index in [-0.39, 0.29) is 18.2 Å². The van der Waals surface area contributed by atoms with Crippen molar-refractivity contribution in [2.24, 2.45) is 0 Å². The summed E-state index contributed by atoms with van der Waals surface area (Å²) >= 11 is 6.38. The second-order valence-electron chi connectivity index (χ2n) is 6.78. The van der Waals surface area contributed by atoms with Crippen molar-refractivity contribution < 1.29 is 9.59 Å². The van der Waals surface area contributed by atoms with E-state index in [1.54, 1.807) is 28.9 Å². The van der Waals surface area contributed by atoms with Crippen molar-refractivity contribution in [3.05, 3.63) is 70.9 Å². The van der Waals surface area contributed by atoms with Crippen LogP contribution < -0.4 is 10.2 Å². The van der Waals surface area contributed by atoms with Gasteiger partial charge in [-0.2, -0.15) is 5.10 Å². The molecule has 0 radical (unpaired) electrons. The average molecular weight is 379 g/mol. The van der Waals surface area contributed by atoms with E-state index in [1.165, 1.54) is 0 Å². The van der Waals surface area contributed by atoms with Gasteiger partial charge in [-0.25, -0.2) is 4.68 Å². The van der Waals surface area contributed by atoms with Crippen molar-refractivity contribution >= 4 is 34.9 Å². The Morgan fingerprint density at radius 1 is 1.07 bits per heavy atom. The van der Waals surface area contributed by atoms with Crippen molar-refractivity contribution in [1.82, 2.24) is 9.78 Å². The molecule has 5 rings (SSSR count). The minimum atomic E-state index is -1.11. The van der Waals surface area contributed by atoms with Crippen molar-refractivity contribution in [3.8, 4) is 5.69 Å². The van der Waals surface area contributed by atoms with Crippen LogP contribution in [0.4, 0.5) is 11.5 Å². The van der Waals surface area contributed by atoms with Crippen LogP contribution in [0.25, 0.3) is 5.69 Å². The third-order valence-corrected chi connectivity index (χ3v) is 5.67. The van der Waals surface area contributed by atoms with Gasteiger partial charge in [0.05, 0.1) is 22.6 Å². The Morgan fingerprint density at radius 2 is 1.85 bits per heavy atom. The number of likely N-dealkylation sites (N-methyl/N-ethyl adjacent to an activating group) is 1. The molecular weight excluding hydrogens is 364 g/mol. The first-order chi connectivity index (χ1) is 13.0. The number of para-hydroxylation sites is 2. The van der Waals surface area contributed by atoms with E-state index < -0.39 is 5.41 Å². The summed E-state index contributed by atoms with van der Waals surface area (Å²) in [7, 11) is 1.69. The van der Waals surface area contributed by atoms with Crippen LogP contribution in [0.1, 0.15) is 17.5 Å². The molecule has 0 saturated carbocycles. The minimum absolute atomic E-state index is 0.0248. The zero-order chi connectivity index (χ0) is 18.8. The molecule has 134 valence electrons. The molecule has 3 heterocycles. The number of benzene rings is 2. The maximum absolute atomic E-state index is 13.4. The summed E-state index contributed by atoms with van der Waals surface area (Å²) in [5.41, 5.74) is 1.77. The average Bonchev–Trinajstić information content (AvgIpc) is 3.18. The number of aromatic nitrogens is 2. The number of halogens is 1. The van der Waals surface area contributed by atoms with Crippen LogP contribution in [-0.4, -0.2) is 28.6 Å². The molecule has 1 unspecified atom stereocenters. The van der Waals surface area contributed by atoms with Gasteiger partial charge in [0.2, 0.25) is 11.8 Å². The largest absolute Gasteiger partial charge is 0.313 e. The summed E-state index contributed by atoms with van der Waals surface area (Å²) < 4.78 is 1.66. The zero-order valence-corrected chi connectivity index (χ0v) is 15.2. The molecule has 1 aromatic heterocycles. The Labute approximate surface area is 160 Å². The van der Waals surface area contributed by atoms with Gasteiger partial charge in [-0.3, -0.25) is 9.59 Å². The van der Waals surface area contributed by atoms with Crippen LogP contribution >= 0.6 is 11.6 Å². The highest BCUT2D eigenvalue weighted by Gasteiger charge is 2.56. The molecule has 0 fully saturated rings. The standard InChI is InChI=1S/C20H15ClN4O2/c1-24-17-13(8-5-9-15(17)21)20(19(24)27)10-16(26)23-18-14(20)11-22-25(18)12-6-3-2-4-7-12/h2-9,11H,10H2,1H3,(H,23,26). The normalized spacial score (nSPS) is 20.6. The number of nitrogens with zero attached hydrogens (tertiary/aromatic N) is 3. The quantitative estimate of drug-likeness (QED) is 0.707. The fourth-order valence-corrected chi connectivity index (χ4v) is 4.49. The van der Waals surface area contributed by atoms with E-state index in [1.807, 2.05) is 42.5 Å². The third-order valence-electron chi connectivity index (χ3n) is 5.37. The fraction of sp³-hybridized carbons (Fsp3) is 0.150. The van der Waals surface area contributed by atoms with Gasteiger partial charge >= 0.3 is 0 Å². The Bertz CT molecular complexity index is 1110. The first kappa shape index (κ1) is 16.1. The number of hydrogen-bond donors (Lipinski definition) is 1. The van der Waals surface area contributed by atoms with E-state index in [9.17, 15) is 9.59 Å². The van der Waals surface area contributed by atoms with Crippen LogP contribution in [0.2, 0.25) is 5.02 Å². The minimum Gasteiger partial charge on any atom is -0.313 e. The molecule has 3 aromatic rings. The predicted octanol–water partition coefficient (Wildman–Crippen LogP) is 3.13. The van der Waals surface area contributed by atoms with Gasteiger partial charge in [0, 0.05) is 19.0 Å². The van der Waals surface area contributed by atoms with Crippen molar-refractivity contribution in [2.75, 3.05) is 17.3 Å². The molecule has 2 aliphatic heterocycles. The van der Waals surface area contributed by atoms with Crippen LogP contribution in [0.3, 0.4) is 0 Å². The molecule has 1 N–H and O–H groups in total. The van der Waals surface area contributed by atoms with Crippen molar-refractivity contribution in [1.29, 1.82) is 0 Å². The lowest BCUT2D eigenvalue weighted by molar-refractivity contribution is -0.126. The Balaban J connectivity index is 1.81. The summed E-state index contributed by atoms with van der Waals surface area (Å²) in [6.07, 6.45) is 1.69. The van der Waals surface area contributed by atoms with E-state index in [0.29, 0.717) is 22.1 Å². The van der Waals surface area contributed by atoms with E-state index >= 15 is 0 Å². The first-order valence-electron chi connectivity index (χ1n) is 8.55. The highest BCUT2D eigenvalue weighted by atomic mass is 35.5. The SMILES string of the molecule is CN1C(=O)C2(CC(=O)Nc3c2cnn3-c2ccccc2)c2cccc(Cl)c21. The lowest BCUT2D eigenvalue weighted by atomic mass is 9.72. The lowest BCUT2D eigenvalue weighted by Gasteiger charge is -2.32. The second-order valence-corrected chi connectivity index (χ2v) is 7.19. The molecule has 2 aromatic carbocycles. The predicted molar refractivity (Wildman–Crippen MR) is 102 cm³/mol. The monoisotopic (exact) mass is 378 g/mol. The molecule has 0 bridgehead atoms. The highest BCUT2D eigenvalue weighted by Crippen LogP contribution is 2.53. The Kier molecular flexibility index (Phi) is 3.24. The molecule has 7 heteroatoms. The fourth-order valence-electron chi connectivity index (χ4n) is 4.19. The second kappa shape index (κ2) is 5.44. The Morgan fingerprint density at radius 3 is 2.63 bits per heavy atom. The number of anilines is 2. The van der Waals surface area contributed by atoms with Gasteiger partial charge < -0.3 is 10.2 Å². The van der Waals surface area contributed by atoms with Crippen LogP contribution in [0.5, 0.6) is 0 Å². The van der Waals surface area contributed by atoms with Gasteiger partial charge in [-0.1, -0.05) is 41.9 Å². The van der Waals surface area contributed by atoms with Gasteiger partial charge in [0.25, 0.3) is 0 Å². The summed E-state index contributed by atoms with van der Waals surface area (Å²) in [4.78, 5) is 27.6. The number of fused-ring (bicyclic) bond motifs is 4.